The van der Waals surface area contributed by atoms with Crippen LogP contribution in [0, 0.1) is 5.41 Å². The van der Waals surface area contributed by atoms with Crippen LogP contribution in [0.15, 0.2) is 60.8 Å². The Bertz CT molecular complexity index is 1090. The summed E-state index contributed by atoms with van der Waals surface area (Å²) in [5, 5.41) is 0.655. The Kier molecular flexibility index (Phi) is 6.26. The molecule has 168 valence electrons. The number of rotatable bonds is 6. The Morgan fingerprint density at radius 3 is 2.56 bits per heavy atom. The van der Waals surface area contributed by atoms with Gasteiger partial charge >= 0.3 is 6.09 Å². The summed E-state index contributed by atoms with van der Waals surface area (Å²) in [6, 6.07) is 17.6. The van der Waals surface area contributed by atoms with Gasteiger partial charge in [0, 0.05) is 29.9 Å². The maximum absolute atomic E-state index is 12.8. The number of carbonyl (C=O) groups is 1. The lowest BCUT2D eigenvalue weighted by Crippen LogP contribution is -2.40. The lowest BCUT2D eigenvalue weighted by atomic mass is 9.85. The molecule has 1 fully saturated rings. The van der Waals surface area contributed by atoms with Gasteiger partial charge in [0.25, 0.3) is 0 Å². The van der Waals surface area contributed by atoms with Gasteiger partial charge in [0.2, 0.25) is 0 Å². The largest absolute Gasteiger partial charge is 0.443 e. The van der Waals surface area contributed by atoms with Crippen molar-refractivity contribution in [2.75, 3.05) is 13.1 Å². The maximum Gasteiger partial charge on any atom is 0.410 e. The first-order valence-electron chi connectivity index (χ1n) is 10.8. The number of ether oxygens (including phenoxy) is 1. The van der Waals surface area contributed by atoms with E-state index in [-0.39, 0.29) is 23.7 Å². The highest BCUT2D eigenvalue weighted by Crippen LogP contribution is 2.41. The molecule has 7 heteroatoms. The van der Waals surface area contributed by atoms with E-state index >= 15 is 0 Å². The molecule has 0 spiro atoms. The molecule has 1 amide bonds. The minimum atomic E-state index is -0.348. The summed E-state index contributed by atoms with van der Waals surface area (Å²) in [6.07, 6.45) is 1.38. The molecule has 0 radical (unpaired) electrons. The van der Waals surface area contributed by atoms with Crippen molar-refractivity contribution in [2.24, 2.45) is 11.1 Å². The van der Waals surface area contributed by atoms with Crippen LogP contribution in [0.2, 0.25) is 5.02 Å². The highest BCUT2D eigenvalue weighted by atomic mass is 35.5. The van der Waals surface area contributed by atoms with E-state index in [0.717, 1.165) is 22.6 Å². The predicted octanol–water partition coefficient (Wildman–Crippen LogP) is 5.12. The normalized spacial score (nSPS) is 17.5. The van der Waals surface area contributed by atoms with Crippen molar-refractivity contribution < 1.29 is 9.53 Å². The summed E-state index contributed by atoms with van der Waals surface area (Å²) in [7, 11) is 0. The third-order valence-corrected chi connectivity index (χ3v) is 5.90. The van der Waals surface area contributed by atoms with Crippen LogP contribution in [0.4, 0.5) is 4.79 Å². The van der Waals surface area contributed by atoms with Crippen molar-refractivity contribution in [2.45, 2.75) is 39.5 Å². The molecule has 2 heterocycles. The zero-order valence-electron chi connectivity index (χ0n) is 18.7. The summed E-state index contributed by atoms with van der Waals surface area (Å²) < 4.78 is 7.62. The number of amides is 1. The van der Waals surface area contributed by atoms with Gasteiger partial charge in [0.1, 0.15) is 11.9 Å². The Morgan fingerprint density at radius 1 is 1.19 bits per heavy atom. The van der Waals surface area contributed by atoms with E-state index in [9.17, 15) is 4.79 Å². The molecular weight excluding hydrogens is 424 g/mol. The van der Waals surface area contributed by atoms with E-state index in [1.54, 1.807) is 4.90 Å². The van der Waals surface area contributed by atoms with Crippen molar-refractivity contribution in [1.82, 2.24) is 14.5 Å². The highest BCUT2D eigenvalue weighted by molar-refractivity contribution is 6.30. The second kappa shape index (κ2) is 8.96. The number of carbonyl (C=O) groups excluding carboxylic acids is 1. The number of halogens is 1. The van der Waals surface area contributed by atoms with Crippen molar-refractivity contribution in [3.8, 4) is 11.3 Å². The molecule has 2 aromatic carbocycles. The van der Waals surface area contributed by atoms with Crippen LogP contribution >= 0.6 is 11.6 Å². The second-order valence-electron chi connectivity index (χ2n) is 9.27. The smallest absolute Gasteiger partial charge is 0.410 e. The molecule has 1 unspecified atom stereocenters. The molecule has 1 aliphatic heterocycles. The quantitative estimate of drug-likeness (QED) is 0.563. The Labute approximate surface area is 194 Å². The molecule has 6 nitrogen and oxygen atoms in total. The molecule has 3 aromatic rings. The van der Waals surface area contributed by atoms with Crippen LogP contribution in [-0.2, 0) is 11.3 Å². The average molecular weight is 453 g/mol. The number of benzene rings is 2. The van der Waals surface area contributed by atoms with Crippen LogP contribution in [0.25, 0.3) is 11.3 Å². The number of nitrogens with two attached hydrogens (primary N) is 1. The molecule has 1 saturated heterocycles. The van der Waals surface area contributed by atoms with Crippen molar-refractivity contribution in [3.05, 3.63) is 77.2 Å². The molecular formula is C25H29ClN4O2. The fraction of sp³-hybridized carbons (Fsp3) is 0.360. The topological polar surface area (TPSA) is 73.4 Å². The number of nitrogens with zero attached hydrogens (tertiary/aromatic N) is 3. The number of cyclic esters (lactones) is 1. The van der Waals surface area contributed by atoms with Gasteiger partial charge < -0.3 is 15.0 Å². The summed E-state index contributed by atoms with van der Waals surface area (Å²) in [5.74, 6) is 0.811. The second-order valence-corrected chi connectivity index (χ2v) is 9.71. The fourth-order valence-electron chi connectivity index (χ4n) is 4.21. The Hall–Kier alpha value is -2.83. The predicted molar refractivity (Wildman–Crippen MR) is 126 cm³/mol. The van der Waals surface area contributed by atoms with Crippen LogP contribution < -0.4 is 5.73 Å². The van der Waals surface area contributed by atoms with Gasteiger partial charge in [-0.25, -0.2) is 9.78 Å². The van der Waals surface area contributed by atoms with E-state index in [1.165, 1.54) is 0 Å². The van der Waals surface area contributed by atoms with E-state index in [4.69, 9.17) is 27.1 Å². The maximum atomic E-state index is 12.8. The highest BCUT2D eigenvalue weighted by Gasteiger charge is 2.43. The summed E-state index contributed by atoms with van der Waals surface area (Å²) >= 11 is 6.25. The van der Waals surface area contributed by atoms with Crippen LogP contribution in [0.3, 0.4) is 0 Å². The van der Waals surface area contributed by atoms with Crippen LogP contribution in [0.5, 0.6) is 0 Å². The van der Waals surface area contributed by atoms with Gasteiger partial charge in [-0.15, -0.1) is 0 Å². The first-order chi connectivity index (χ1) is 15.3. The summed E-state index contributed by atoms with van der Waals surface area (Å²) in [6.45, 7) is 7.72. The van der Waals surface area contributed by atoms with Gasteiger partial charge in [-0.2, -0.15) is 0 Å². The average Bonchev–Trinajstić information content (AvgIpc) is 3.32. The van der Waals surface area contributed by atoms with Crippen LogP contribution in [0.1, 0.15) is 38.2 Å². The number of imidazole rings is 1. The van der Waals surface area contributed by atoms with Gasteiger partial charge in [0.05, 0.1) is 18.3 Å². The first kappa shape index (κ1) is 22.4. The minimum Gasteiger partial charge on any atom is -0.443 e. The summed E-state index contributed by atoms with van der Waals surface area (Å²) in [4.78, 5) is 19.6. The zero-order chi connectivity index (χ0) is 22.9. The number of hydrogen-bond donors (Lipinski definition) is 1. The molecule has 2 atom stereocenters. The van der Waals surface area contributed by atoms with Gasteiger partial charge in [0.15, 0.2) is 0 Å². The monoisotopic (exact) mass is 452 g/mol. The number of hydrogen-bond acceptors (Lipinski definition) is 4. The first-order valence-corrected chi connectivity index (χ1v) is 11.2. The lowest BCUT2D eigenvalue weighted by Gasteiger charge is -2.36. The van der Waals surface area contributed by atoms with E-state index in [1.807, 2.05) is 48.7 Å². The van der Waals surface area contributed by atoms with Crippen molar-refractivity contribution >= 4 is 17.7 Å². The van der Waals surface area contributed by atoms with Crippen molar-refractivity contribution in [1.29, 1.82) is 0 Å². The third-order valence-electron chi connectivity index (χ3n) is 5.67. The lowest BCUT2D eigenvalue weighted by molar-refractivity contribution is 0.104. The molecule has 1 aromatic heterocycles. The summed E-state index contributed by atoms with van der Waals surface area (Å²) in [5.41, 5.74) is 8.41. The molecule has 2 N–H and O–H groups in total. The van der Waals surface area contributed by atoms with E-state index in [2.05, 4.69) is 37.5 Å². The van der Waals surface area contributed by atoms with Gasteiger partial charge in [-0.1, -0.05) is 74.8 Å². The third kappa shape index (κ3) is 4.66. The minimum absolute atomic E-state index is 0.284. The fourth-order valence-corrected chi connectivity index (χ4v) is 4.40. The van der Waals surface area contributed by atoms with Gasteiger partial charge in [-0.05, 0) is 23.1 Å². The molecule has 0 bridgehead atoms. The molecule has 0 aliphatic carbocycles. The standard InChI is InChI=1S/C25H29ClN4O2/c1-25(2,3)22(30-15-20(13-27)32-24(30)31)23-28-21(18-10-7-11-19(26)12-18)16-29(23)14-17-8-5-4-6-9-17/h4-12,16,20,22H,13-15,27H2,1-3H3/t20?,22-/m0/s1. The van der Waals surface area contributed by atoms with Crippen LogP contribution in [-0.4, -0.2) is 39.7 Å². The Morgan fingerprint density at radius 2 is 1.94 bits per heavy atom. The zero-order valence-corrected chi connectivity index (χ0v) is 19.4. The SMILES string of the molecule is CC(C)(C)[C@H](c1nc(-c2cccc(Cl)c2)cn1Cc1ccccc1)N1CC(CN)OC1=O. The Balaban J connectivity index is 1.82. The molecule has 4 rings (SSSR count). The molecule has 0 saturated carbocycles. The van der Waals surface area contributed by atoms with Gasteiger partial charge in [-0.3, -0.25) is 4.90 Å². The number of aromatic nitrogens is 2. The van der Waals surface area contributed by atoms with E-state index in [0.29, 0.717) is 24.7 Å². The molecule has 32 heavy (non-hydrogen) atoms. The van der Waals surface area contributed by atoms with E-state index < -0.39 is 0 Å². The molecule has 1 aliphatic rings. The van der Waals surface area contributed by atoms with Crippen molar-refractivity contribution in [3.63, 3.8) is 0 Å².